The van der Waals surface area contributed by atoms with E-state index in [9.17, 15) is 4.79 Å². The zero-order chi connectivity index (χ0) is 18.8. The molecule has 0 fully saturated rings. The van der Waals surface area contributed by atoms with Gasteiger partial charge >= 0.3 is 0 Å². The number of carbonyl (C=O) groups is 1. The first-order chi connectivity index (χ1) is 13.2. The summed E-state index contributed by atoms with van der Waals surface area (Å²) in [6.07, 6.45) is 1.57. The summed E-state index contributed by atoms with van der Waals surface area (Å²) in [6, 6.07) is 8.88. The highest BCUT2D eigenvalue weighted by Crippen LogP contribution is 2.32. The number of hydrogen-bond donors (Lipinski definition) is 1. The highest BCUT2D eigenvalue weighted by Gasteiger charge is 2.20. The highest BCUT2D eigenvalue weighted by molar-refractivity contribution is 6.03. The molecule has 0 saturated carbocycles. The predicted molar refractivity (Wildman–Crippen MR) is 95.8 cm³/mol. The second kappa shape index (κ2) is 6.94. The lowest BCUT2D eigenvalue weighted by atomic mass is 10.2. The van der Waals surface area contributed by atoms with E-state index in [0.29, 0.717) is 42.0 Å². The number of aromatic nitrogens is 4. The van der Waals surface area contributed by atoms with Gasteiger partial charge in [0.25, 0.3) is 5.91 Å². The van der Waals surface area contributed by atoms with E-state index in [-0.39, 0.29) is 5.69 Å². The largest absolute Gasteiger partial charge is 0.493 e. The summed E-state index contributed by atoms with van der Waals surface area (Å²) in [4.78, 5) is 16.7. The number of hydrogen-bond acceptors (Lipinski definition) is 7. The van der Waals surface area contributed by atoms with E-state index in [0.717, 1.165) is 5.69 Å². The molecule has 9 heteroatoms. The zero-order valence-electron chi connectivity index (χ0n) is 14.8. The Morgan fingerprint density at radius 3 is 2.85 bits per heavy atom. The Bertz CT molecular complexity index is 1000. The summed E-state index contributed by atoms with van der Waals surface area (Å²) in [5.41, 5.74) is 1.50. The maximum atomic E-state index is 12.6. The van der Waals surface area contributed by atoms with Crippen LogP contribution in [0.2, 0.25) is 0 Å². The summed E-state index contributed by atoms with van der Waals surface area (Å²) in [5.74, 6) is 1.68. The van der Waals surface area contributed by atoms with Gasteiger partial charge in [-0.1, -0.05) is 5.21 Å². The van der Waals surface area contributed by atoms with Crippen molar-refractivity contribution in [2.75, 3.05) is 25.6 Å². The third-order valence-corrected chi connectivity index (χ3v) is 4.10. The molecular weight excluding hydrogens is 350 g/mol. The molecule has 0 spiro atoms. The van der Waals surface area contributed by atoms with Crippen LogP contribution in [0.15, 0.2) is 36.5 Å². The van der Waals surface area contributed by atoms with Gasteiger partial charge in [-0.15, -0.1) is 5.10 Å². The highest BCUT2D eigenvalue weighted by atomic mass is 16.6. The Morgan fingerprint density at radius 2 is 2.04 bits per heavy atom. The summed E-state index contributed by atoms with van der Waals surface area (Å²) in [6.45, 7) is 2.78. The van der Waals surface area contributed by atoms with Gasteiger partial charge in [0.15, 0.2) is 28.8 Å². The van der Waals surface area contributed by atoms with Gasteiger partial charge in [0, 0.05) is 12.3 Å². The van der Waals surface area contributed by atoms with Crippen LogP contribution in [0.4, 0.5) is 5.82 Å². The van der Waals surface area contributed by atoms with Gasteiger partial charge in [-0.25, -0.2) is 9.67 Å². The van der Waals surface area contributed by atoms with Gasteiger partial charge in [-0.05, 0) is 31.2 Å². The lowest BCUT2D eigenvalue weighted by Crippen LogP contribution is -2.16. The van der Waals surface area contributed by atoms with Crippen molar-refractivity contribution in [2.24, 2.45) is 0 Å². The lowest BCUT2D eigenvalue weighted by molar-refractivity contribution is 0.102. The minimum absolute atomic E-state index is 0.192. The average Bonchev–Trinajstić information content (AvgIpc) is 3.09. The van der Waals surface area contributed by atoms with Crippen LogP contribution in [0.1, 0.15) is 16.2 Å². The molecule has 0 saturated heterocycles. The van der Waals surface area contributed by atoms with Crippen LogP contribution >= 0.6 is 0 Å². The van der Waals surface area contributed by atoms with Crippen LogP contribution < -0.4 is 19.5 Å². The van der Waals surface area contributed by atoms with Crippen LogP contribution in [0.3, 0.4) is 0 Å². The molecule has 0 aliphatic carbocycles. The van der Waals surface area contributed by atoms with Crippen molar-refractivity contribution in [1.82, 2.24) is 20.0 Å². The maximum absolute atomic E-state index is 12.6. The molecule has 4 rings (SSSR count). The van der Waals surface area contributed by atoms with E-state index in [2.05, 4.69) is 20.6 Å². The Morgan fingerprint density at radius 1 is 1.22 bits per heavy atom. The predicted octanol–water partition coefficient (Wildman–Crippen LogP) is 2.00. The monoisotopic (exact) mass is 367 g/mol. The summed E-state index contributed by atoms with van der Waals surface area (Å²) in [7, 11) is 1.51. The number of ether oxygens (including phenoxy) is 3. The first kappa shape index (κ1) is 16.8. The quantitative estimate of drug-likeness (QED) is 0.753. The van der Waals surface area contributed by atoms with Crippen LogP contribution in [-0.4, -0.2) is 46.2 Å². The minimum Gasteiger partial charge on any atom is -0.493 e. The molecule has 1 N–H and O–H groups in total. The molecule has 3 heterocycles. The number of methoxy groups -OCH3 is 1. The third kappa shape index (κ3) is 3.14. The molecule has 3 aromatic rings. The number of carbonyl (C=O) groups excluding carboxylic acids is 1. The second-order valence-corrected chi connectivity index (χ2v) is 5.77. The van der Waals surface area contributed by atoms with Crippen molar-refractivity contribution < 1.29 is 19.0 Å². The molecule has 1 aliphatic heterocycles. The van der Waals surface area contributed by atoms with E-state index >= 15 is 0 Å². The van der Waals surface area contributed by atoms with Gasteiger partial charge in [-0.2, -0.15) is 0 Å². The third-order valence-electron chi connectivity index (χ3n) is 4.10. The Hall–Kier alpha value is -3.62. The first-order valence-corrected chi connectivity index (χ1v) is 8.30. The molecular formula is C18H17N5O4. The molecule has 0 unspecified atom stereocenters. The summed E-state index contributed by atoms with van der Waals surface area (Å²) in [5, 5.41) is 10.8. The standard InChI is InChI=1S/C18H17N5O4/c1-11-16(18(24)20-17-14(25-2)4-3-7-19-17)21-22-23(11)12-5-6-13-15(10-12)27-9-8-26-13/h3-7,10H,8-9H2,1-2H3,(H,19,20,24). The van der Waals surface area contributed by atoms with Gasteiger partial charge in [0.1, 0.15) is 13.2 Å². The Kier molecular flexibility index (Phi) is 4.33. The fourth-order valence-corrected chi connectivity index (χ4v) is 2.76. The van der Waals surface area contributed by atoms with Crippen molar-refractivity contribution in [3.8, 4) is 22.9 Å². The van der Waals surface area contributed by atoms with Crippen LogP contribution in [-0.2, 0) is 0 Å². The van der Waals surface area contributed by atoms with E-state index < -0.39 is 5.91 Å². The van der Waals surface area contributed by atoms with Crippen LogP contribution in [0, 0.1) is 6.92 Å². The maximum Gasteiger partial charge on any atom is 0.279 e. The van der Waals surface area contributed by atoms with E-state index in [4.69, 9.17) is 14.2 Å². The van der Waals surface area contributed by atoms with Crippen molar-refractivity contribution in [2.45, 2.75) is 6.92 Å². The van der Waals surface area contributed by atoms with Crippen molar-refractivity contribution in [1.29, 1.82) is 0 Å². The number of nitrogens with one attached hydrogen (secondary N) is 1. The van der Waals surface area contributed by atoms with E-state index in [1.807, 2.05) is 12.1 Å². The number of benzene rings is 1. The average molecular weight is 367 g/mol. The molecule has 9 nitrogen and oxygen atoms in total. The fraction of sp³-hybridized carbons (Fsp3) is 0.222. The number of fused-ring (bicyclic) bond motifs is 1. The molecule has 27 heavy (non-hydrogen) atoms. The second-order valence-electron chi connectivity index (χ2n) is 5.77. The summed E-state index contributed by atoms with van der Waals surface area (Å²) < 4.78 is 17.9. The molecule has 1 amide bonds. The molecule has 2 aromatic heterocycles. The van der Waals surface area contributed by atoms with E-state index in [1.54, 1.807) is 36.0 Å². The SMILES string of the molecule is COc1cccnc1NC(=O)c1nnn(-c2ccc3c(c2)OCCO3)c1C. The van der Waals surface area contributed by atoms with E-state index in [1.165, 1.54) is 7.11 Å². The van der Waals surface area contributed by atoms with Gasteiger partial charge in [0.2, 0.25) is 0 Å². The van der Waals surface area contributed by atoms with Crippen molar-refractivity contribution in [3.05, 3.63) is 47.9 Å². The first-order valence-electron chi connectivity index (χ1n) is 8.30. The van der Waals surface area contributed by atoms with Crippen molar-refractivity contribution >= 4 is 11.7 Å². The van der Waals surface area contributed by atoms with Gasteiger partial charge < -0.3 is 19.5 Å². The summed E-state index contributed by atoms with van der Waals surface area (Å²) >= 11 is 0. The number of amides is 1. The Balaban J connectivity index is 1.61. The molecule has 1 aliphatic rings. The number of pyridine rings is 1. The number of rotatable bonds is 4. The fourth-order valence-electron chi connectivity index (χ4n) is 2.76. The van der Waals surface area contributed by atoms with Gasteiger partial charge in [-0.3, -0.25) is 4.79 Å². The topological polar surface area (TPSA) is 100 Å². The van der Waals surface area contributed by atoms with Crippen molar-refractivity contribution in [3.63, 3.8) is 0 Å². The molecule has 0 radical (unpaired) electrons. The molecule has 138 valence electrons. The lowest BCUT2D eigenvalue weighted by Gasteiger charge is -2.18. The Labute approximate surface area is 154 Å². The molecule has 0 bridgehead atoms. The minimum atomic E-state index is -0.423. The van der Waals surface area contributed by atoms with Crippen LogP contribution in [0.5, 0.6) is 17.2 Å². The molecule has 1 aromatic carbocycles. The number of nitrogens with zero attached hydrogens (tertiary/aromatic N) is 4. The normalized spacial score (nSPS) is 12.5. The zero-order valence-corrected chi connectivity index (χ0v) is 14.8. The van der Waals surface area contributed by atoms with Crippen LogP contribution in [0.25, 0.3) is 5.69 Å². The van der Waals surface area contributed by atoms with Gasteiger partial charge in [0.05, 0.1) is 18.5 Å². The molecule has 0 atom stereocenters. The smallest absolute Gasteiger partial charge is 0.279 e. The number of anilines is 1.